The van der Waals surface area contributed by atoms with Gasteiger partial charge < -0.3 is 19.0 Å². The monoisotopic (exact) mass is 386 g/mol. The molecule has 0 saturated heterocycles. The lowest BCUT2D eigenvalue weighted by Crippen LogP contribution is -2.11. The van der Waals surface area contributed by atoms with Crippen LogP contribution in [0.15, 0.2) is 61.7 Å². The average molecular weight is 386 g/mol. The molecule has 2 aromatic carbocycles. The maximum Gasteiger partial charge on any atom is 0.197 e. The molecular formula is C21H22O5S. The van der Waals surface area contributed by atoms with Crippen molar-refractivity contribution in [3.63, 3.8) is 0 Å². The molecule has 0 saturated carbocycles. The van der Waals surface area contributed by atoms with Crippen LogP contribution in [0.25, 0.3) is 11.0 Å². The number of rotatable bonds is 6. The number of ether oxygens (including phenoxy) is 2. The Balaban J connectivity index is 2.08. The third-order valence-electron chi connectivity index (χ3n) is 3.54. The molecule has 0 amide bonds. The fourth-order valence-electron chi connectivity index (χ4n) is 2.57. The normalized spacial score (nSPS) is 11.3. The van der Waals surface area contributed by atoms with Crippen molar-refractivity contribution in [1.29, 1.82) is 0 Å². The standard InChI is InChI=1S/C21H22O5S/c1-12(2)24-15-9-18(25-13(3)4)21-17(23)11-20(26-19(21)10-15)27-16-7-5-14(22)6-8-16/h5-13,22H,1-4H3. The molecule has 3 rings (SSSR count). The van der Waals surface area contributed by atoms with Gasteiger partial charge in [0.1, 0.15) is 28.2 Å². The first-order chi connectivity index (χ1) is 12.8. The summed E-state index contributed by atoms with van der Waals surface area (Å²) < 4.78 is 17.6. The fraction of sp³-hybridized carbons (Fsp3) is 0.286. The molecule has 1 heterocycles. The van der Waals surface area contributed by atoms with Gasteiger partial charge in [-0.25, -0.2) is 0 Å². The zero-order valence-corrected chi connectivity index (χ0v) is 16.5. The van der Waals surface area contributed by atoms with Crippen LogP contribution < -0.4 is 14.9 Å². The van der Waals surface area contributed by atoms with E-state index in [1.807, 2.05) is 27.7 Å². The third kappa shape index (κ3) is 4.77. The smallest absolute Gasteiger partial charge is 0.197 e. The first kappa shape index (κ1) is 19.2. The van der Waals surface area contributed by atoms with Gasteiger partial charge in [0, 0.05) is 23.1 Å². The van der Waals surface area contributed by atoms with Gasteiger partial charge in [-0.3, -0.25) is 4.79 Å². The lowest BCUT2D eigenvalue weighted by molar-refractivity contribution is 0.230. The van der Waals surface area contributed by atoms with Crippen molar-refractivity contribution in [3.8, 4) is 17.2 Å². The minimum absolute atomic E-state index is 0.0179. The molecule has 0 spiro atoms. The van der Waals surface area contributed by atoms with E-state index in [0.29, 0.717) is 27.6 Å². The first-order valence-corrected chi connectivity index (χ1v) is 9.55. The van der Waals surface area contributed by atoms with Gasteiger partial charge in [0.05, 0.1) is 12.2 Å². The van der Waals surface area contributed by atoms with Crippen LogP contribution in [0.4, 0.5) is 0 Å². The molecule has 0 bridgehead atoms. The van der Waals surface area contributed by atoms with E-state index in [1.54, 1.807) is 36.4 Å². The van der Waals surface area contributed by atoms with Crippen molar-refractivity contribution in [3.05, 3.63) is 52.7 Å². The van der Waals surface area contributed by atoms with Crippen molar-refractivity contribution in [1.82, 2.24) is 0 Å². The van der Waals surface area contributed by atoms with Crippen LogP contribution >= 0.6 is 11.8 Å². The van der Waals surface area contributed by atoms with Crippen LogP contribution in [0.2, 0.25) is 0 Å². The van der Waals surface area contributed by atoms with Crippen LogP contribution in [0.5, 0.6) is 17.2 Å². The number of phenols is 1. The van der Waals surface area contributed by atoms with Gasteiger partial charge in [0.25, 0.3) is 0 Å². The van der Waals surface area contributed by atoms with Crippen LogP contribution in [-0.4, -0.2) is 17.3 Å². The second-order valence-corrected chi connectivity index (χ2v) is 7.73. The molecule has 0 unspecified atom stereocenters. The largest absolute Gasteiger partial charge is 0.508 e. The van der Waals surface area contributed by atoms with Crippen molar-refractivity contribution in [2.75, 3.05) is 0 Å². The maximum atomic E-state index is 12.7. The van der Waals surface area contributed by atoms with Gasteiger partial charge in [-0.2, -0.15) is 0 Å². The molecule has 142 valence electrons. The molecule has 3 aromatic rings. The predicted octanol–water partition coefficient (Wildman–Crippen LogP) is 5.22. The maximum absolute atomic E-state index is 12.7. The first-order valence-electron chi connectivity index (χ1n) is 8.74. The number of hydrogen-bond acceptors (Lipinski definition) is 6. The van der Waals surface area contributed by atoms with Crippen molar-refractivity contribution in [2.24, 2.45) is 0 Å². The molecule has 1 aromatic heterocycles. The van der Waals surface area contributed by atoms with E-state index < -0.39 is 0 Å². The van der Waals surface area contributed by atoms with E-state index in [0.717, 1.165) is 4.90 Å². The fourth-order valence-corrected chi connectivity index (χ4v) is 3.38. The lowest BCUT2D eigenvalue weighted by atomic mass is 10.2. The van der Waals surface area contributed by atoms with Crippen LogP contribution in [0.3, 0.4) is 0 Å². The molecule has 27 heavy (non-hydrogen) atoms. The minimum atomic E-state index is -0.177. The summed E-state index contributed by atoms with van der Waals surface area (Å²) >= 11 is 1.31. The number of aromatic hydroxyl groups is 1. The molecular weight excluding hydrogens is 364 g/mol. The van der Waals surface area contributed by atoms with Gasteiger partial charge in [-0.1, -0.05) is 11.8 Å². The second kappa shape index (κ2) is 7.96. The van der Waals surface area contributed by atoms with E-state index >= 15 is 0 Å². The predicted molar refractivity (Wildman–Crippen MR) is 106 cm³/mol. The summed E-state index contributed by atoms with van der Waals surface area (Å²) in [6, 6.07) is 11.6. The van der Waals surface area contributed by atoms with Crippen LogP contribution in [-0.2, 0) is 0 Å². The van der Waals surface area contributed by atoms with Gasteiger partial charge in [0.15, 0.2) is 10.5 Å². The van der Waals surface area contributed by atoms with E-state index in [4.69, 9.17) is 13.9 Å². The summed E-state index contributed by atoms with van der Waals surface area (Å²) in [4.78, 5) is 13.6. The Morgan fingerprint density at radius 2 is 1.63 bits per heavy atom. The van der Waals surface area contributed by atoms with Gasteiger partial charge in [-0.05, 0) is 52.0 Å². The Hall–Kier alpha value is -2.60. The quantitative estimate of drug-likeness (QED) is 0.626. The number of phenolic OH excluding ortho intramolecular Hbond substituents is 1. The molecule has 5 nitrogen and oxygen atoms in total. The SMILES string of the molecule is CC(C)Oc1cc(OC(C)C)c2c(=O)cc(Sc3ccc(O)cc3)oc2c1. The summed E-state index contributed by atoms with van der Waals surface area (Å²) in [6.07, 6.45) is -0.108. The lowest BCUT2D eigenvalue weighted by Gasteiger charge is -2.16. The number of fused-ring (bicyclic) bond motifs is 1. The molecule has 0 radical (unpaired) electrons. The van der Waals surface area contributed by atoms with E-state index in [9.17, 15) is 9.90 Å². The highest BCUT2D eigenvalue weighted by molar-refractivity contribution is 7.99. The number of benzene rings is 2. The van der Waals surface area contributed by atoms with E-state index in [2.05, 4.69) is 0 Å². The highest BCUT2D eigenvalue weighted by Crippen LogP contribution is 2.35. The van der Waals surface area contributed by atoms with Crippen LogP contribution in [0, 0.1) is 0 Å². The average Bonchev–Trinajstić information content (AvgIpc) is 2.55. The Kier molecular flexibility index (Phi) is 5.65. The Bertz CT molecular complexity index is 990. The molecule has 0 atom stereocenters. The van der Waals surface area contributed by atoms with Crippen molar-refractivity contribution < 1.29 is 19.0 Å². The molecule has 1 N–H and O–H groups in total. The summed E-state index contributed by atoms with van der Waals surface area (Å²) in [5.41, 5.74) is 0.238. The Morgan fingerprint density at radius 1 is 0.963 bits per heavy atom. The summed E-state index contributed by atoms with van der Waals surface area (Å²) in [5, 5.41) is 10.3. The Morgan fingerprint density at radius 3 is 2.26 bits per heavy atom. The zero-order chi connectivity index (χ0) is 19.6. The zero-order valence-electron chi connectivity index (χ0n) is 15.7. The topological polar surface area (TPSA) is 68.9 Å². The van der Waals surface area contributed by atoms with Gasteiger partial charge in [0.2, 0.25) is 0 Å². The molecule has 0 aliphatic rings. The van der Waals surface area contributed by atoms with Gasteiger partial charge >= 0.3 is 0 Å². The van der Waals surface area contributed by atoms with Crippen LogP contribution in [0.1, 0.15) is 27.7 Å². The van der Waals surface area contributed by atoms with E-state index in [-0.39, 0.29) is 23.4 Å². The third-order valence-corrected chi connectivity index (χ3v) is 4.45. The summed E-state index contributed by atoms with van der Waals surface area (Å²) in [5.74, 6) is 1.22. The second-order valence-electron chi connectivity index (χ2n) is 6.65. The molecule has 6 heteroatoms. The molecule has 0 aliphatic carbocycles. The molecule has 0 aliphatic heterocycles. The van der Waals surface area contributed by atoms with Crippen molar-refractivity contribution >= 4 is 22.7 Å². The highest BCUT2D eigenvalue weighted by atomic mass is 32.2. The summed E-state index contributed by atoms with van der Waals surface area (Å²) in [7, 11) is 0. The van der Waals surface area contributed by atoms with Crippen molar-refractivity contribution in [2.45, 2.75) is 49.9 Å². The molecule has 0 fully saturated rings. The minimum Gasteiger partial charge on any atom is -0.508 e. The number of hydrogen-bond donors (Lipinski definition) is 1. The Labute approximate surface area is 161 Å². The van der Waals surface area contributed by atoms with Gasteiger partial charge in [-0.15, -0.1) is 0 Å². The van der Waals surface area contributed by atoms with E-state index in [1.165, 1.54) is 17.8 Å². The highest BCUT2D eigenvalue weighted by Gasteiger charge is 2.16. The summed E-state index contributed by atoms with van der Waals surface area (Å²) in [6.45, 7) is 7.66.